The van der Waals surface area contributed by atoms with E-state index in [1.165, 1.54) is 18.2 Å². The van der Waals surface area contributed by atoms with Gasteiger partial charge in [0.25, 0.3) is 5.91 Å². The van der Waals surface area contributed by atoms with Crippen LogP contribution in [0, 0.1) is 0 Å². The van der Waals surface area contributed by atoms with Crippen LogP contribution in [-0.4, -0.2) is 29.8 Å². The van der Waals surface area contributed by atoms with Gasteiger partial charge >= 0.3 is 6.61 Å². The van der Waals surface area contributed by atoms with E-state index in [0.717, 1.165) is 5.56 Å². The summed E-state index contributed by atoms with van der Waals surface area (Å²) in [5.74, 6) is 0.00919. The second kappa shape index (κ2) is 7.64. The van der Waals surface area contributed by atoms with Gasteiger partial charge in [0.2, 0.25) is 0 Å². The summed E-state index contributed by atoms with van der Waals surface area (Å²) >= 11 is 0. The normalized spacial score (nSPS) is 10.6. The van der Waals surface area contributed by atoms with Gasteiger partial charge in [0.1, 0.15) is 17.2 Å². The van der Waals surface area contributed by atoms with Gasteiger partial charge < -0.3 is 14.8 Å². The number of halogens is 2. The van der Waals surface area contributed by atoms with Crippen LogP contribution in [0.5, 0.6) is 11.5 Å². The molecule has 1 heterocycles. The zero-order chi connectivity index (χ0) is 18.5. The third-order valence-corrected chi connectivity index (χ3v) is 3.54. The summed E-state index contributed by atoms with van der Waals surface area (Å²) in [6.45, 7) is -2.99. The first-order chi connectivity index (χ1) is 12.6. The second-order valence-corrected chi connectivity index (χ2v) is 5.23. The summed E-state index contributed by atoms with van der Waals surface area (Å²) in [4.78, 5) is 12.4. The van der Waals surface area contributed by atoms with Crippen molar-refractivity contribution in [2.75, 3.05) is 12.4 Å². The zero-order valence-electron chi connectivity index (χ0n) is 13.7. The first kappa shape index (κ1) is 17.4. The van der Waals surface area contributed by atoms with Gasteiger partial charge in [-0.3, -0.25) is 9.89 Å². The topological polar surface area (TPSA) is 76.2 Å². The number of nitrogens with one attached hydrogen (secondary N) is 2. The van der Waals surface area contributed by atoms with Crippen molar-refractivity contribution in [2.45, 2.75) is 6.61 Å². The molecular formula is C18H15F2N3O3. The molecule has 8 heteroatoms. The third-order valence-electron chi connectivity index (χ3n) is 3.54. The van der Waals surface area contributed by atoms with Crippen LogP contribution in [-0.2, 0) is 0 Å². The number of carbonyl (C=O) groups is 1. The zero-order valence-corrected chi connectivity index (χ0v) is 13.7. The molecule has 3 rings (SSSR count). The van der Waals surface area contributed by atoms with Gasteiger partial charge in [-0.2, -0.15) is 13.9 Å². The number of methoxy groups -OCH3 is 1. The third kappa shape index (κ3) is 3.97. The molecule has 6 nitrogen and oxygen atoms in total. The fourth-order valence-electron chi connectivity index (χ4n) is 2.33. The van der Waals surface area contributed by atoms with Crippen molar-refractivity contribution in [1.29, 1.82) is 0 Å². The number of rotatable bonds is 6. The molecule has 0 saturated carbocycles. The second-order valence-electron chi connectivity index (χ2n) is 5.23. The lowest BCUT2D eigenvalue weighted by atomic mass is 10.1. The van der Waals surface area contributed by atoms with Crippen molar-refractivity contribution in [3.63, 3.8) is 0 Å². The molecule has 0 saturated heterocycles. The van der Waals surface area contributed by atoms with Crippen LogP contribution in [0.3, 0.4) is 0 Å². The first-order valence-corrected chi connectivity index (χ1v) is 7.62. The quantitative estimate of drug-likeness (QED) is 0.699. The van der Waals surface area contributed by atoms with E-state index >= 15 is 0 Å². The molecule has 0 spiro atoms. The van der Waals surface area contributed by atoms with Gasteiger partial charge in [0.05, 0.1) is 18.5 Å². The Bertz CT molecular complexity index is 912. The highest BCUT2D eigenvalue weighted by Gasteiger charge is 2.15. The van der Waals surface area contributed by atoms with Gasteiger partial charge in [-0.05, 0) is 30.3 Å². The molecule has 0 aliphatic heterocycles. The van der Waals surface area contributed by atoms with E-state index < -0.39 is 12.5 Å². The van der Waals surface area contributed by atoms with Crippen LogP contribution in [0.4, 0.5) is 14.5 Å². The number of H-pyrrole nitrogens is 1. The molecule has 3 aromatic rings. The summed E-state index contributed by atoms with van der Waals surface area (Å²) < 4.78 is 34.5. The Morgan fingerprint density at radius 2 is 1.96 bits per heavy atom. The molecule has 1 amide bonds. The predicted molar refractivity (Wildman–Crippen MR) is 91.6 cm³/mol. The van der Waals surface area contributed by atoms with Crippen LogP contribution >= 0.6 is 0 Å². The summed E-state index contributed by atoms with van der Waals surface area (Å²) in [5.41, 5.74) is 1.62. The minimum atomic E-state index is -2.99. The molecule has 0 radical (unpaired) electrons. The van der Waals surface area contributed by atoms with Crippen molar-refractivity contribution in [2.24, 2.45) is 0 Å². The van der Waals surface area contributed by atoms with Crippen LogP contribution in [0.1, 0.15) is 10.5 Å². The maximum atomic E-state index is 12.5. The number of anilines is 1. The van der Waals surface area contributed by atoms with E-state index in [4.69, 9.17) is 4.74 Å². The van der Waals surface area contributed by atoms with E-state index in [1.807, 2.05) is 6.07 Å². The number of aromatic nitrogens is 2. The maximum Gasteiger partial charge on any atom is 0.387 e. The first-order valence-electron chi connectivity index (χ1n) is 7.62. The lowest BCUT2D eigenvalue weighted by molar-refractivity contribution is -0.0493. The molecule has 2 aromatic carbocycles. The molecular weight excluding hydrogens is 344 g/mol. The number of amides is 1. The lowest BCUT2D eigenvalue weighted by Gasteiger charge is -2.10. The largest absolute Gasteiger partial charge is 0.497 e. The van der Waals surface area contributed by atoms with Gasteiger partial charge in [-0.1, -0.05) is 24.3 Å². The number of hydrogen-bond acceptors (Lipinski definition) is 4. The molecule has 26 heavy (non-hydrogen) atoms. The van der Waals surface area contributed by atoms with Crippen LogP contribution < -0.4 is 14.8 Å². The molecule has 2 N–H and O–H groups in total. The highest BCUT2D eigenvalue weighted by atomic mass is 19.3. The van der Waals surface area contributed by atoms with Crippen LogP contribution in [0.2, 0.25) is 0 Å². The SMILES string of the molecule is COc1cccc(-c2cc(C(=O)Nc3ccccc3OC(F)F)[nH]n2)c1. The number of ether oxygens (including phenoxy) is 2. The Morgan fingerprint density at radius 1 is 1.15 bits per heavy atom. The Hall–Kier alpha value is -3.42. The van der Waals surface area contributed by atoms with E-state index in [2.05, 4.69) is 20.3 Å². The fourth-order valence-corrected chi connectivity index (χ4v) is 2.33. The minimum Gasteiger partial charge on any atom is -0.497 e. The minimum absolute atomic E-state index is 0.122. The van der Waals surface area contributed by atoms with E-state index in [-0.39, 0.29) is 17.1 Å². The highest BCUT2D eigenvalue weighted by Crippen LogP contribution is 2.27. The van der Waals surface area contributed by atoms with Crippen molar-refractivity contribution in [3.8, 4) is 22.8 Å². The van der Waals surface area contributed by atoms with E-state index in [1.54, 1.807) is 37.4 Å². The molecule has 0 bridgehead atoms. The molecule has 0 aliphatic rings. The number of aromatic amines is 1. The average molecular weight is 359 g/mol. The van der Waals surface area contributed by atoms with Gasteiger partial charge in [-0.25, -0.2) is 0 Å². The molecule has 1 aromatic heterocycles. The number of carbonyl (C=O) groups excluding carboxylic acids is 1. The summed E-state index contributed by atoms with van der Waals surface area (Å²) in [6, 6.07) is 14.7. The Balaban J connectivity index is 1.79. The molecule has 0 atom stereocenters. The van der Waals surface area contributed by atoms with Crippen molar-refractivity contribution < 1.29 is 23.0 Å². The van der Waals surface area contributed by atoms with Gasteiger partial charge in [0, 0.05) is 5.56 Å². The number of hydrogen-bond donors (Lipinski definition) is 2. The molecule has 134 valence electrons. The average Bonchev–Trinajstić information content (AvgIpc) is 3.13. The summed E-state index contributed by atoms with van der Waals surface area (Å²) in [5, 5.41) is 9.26. The maximum absolute atomic E-state index is 12.5. The van der Waals surface area contributed by atoms with Crippen LogP contribution in [0.15, 0.2) is 54.6 Å². The number of para-hydroxylation sites is 2. The Kier molecular flexibility index (Phi) is 5.12. The highest BCUT2D eigenvalue weighted by molar-refractivity contribution is 6.04. The number of nitrogens with zero attached hydrogens (tertiary/aromatic N) is 1. The standard InChI is InChI=1S/C18H15F2N3O3/c1-25-12-6-4-5-11(9-12)14-10-15(23-22-14)17(24)21-13-7-2-3-8-16(13)26-18(19)20/h2-10,18H,1H3,(H,21,24)(H,22,23). The molecule has 0 unspecified atom stereocenters. The van der Waals surface area contributed by atoms with Gasteiger partial charge in [-0.15, -0.1) is 0 Å². The lowest BCUT2D eigenvalue weighted by Crippen LogP contribution is -2.14. The number of alkyl halides is 2. The fraction of sp³-hybridized carbons (Fsp3) is 0.111. The van der Waals surface area contributed by atoms with Gasteiger partial charge in [0.15, 0.2) is 0 Å². The smallest absolute Gasteiger partial charge is 0.387 e. The Morgan fingerprint density at radius 3 is 2.73 bits per heavy atom. The summed E-state index contributed by atoms with van der Waals surface area (Å²) in [7, 11) is 1.56. The van der Waals surface area contributed by atoms with Crippen LogP contribution in [0.25, 0.3) is 11.3 Å². The Labute approximate surface area is 147 Å². The van der Waals surface area contributed by atoms with Crippen molar-refractivity contribution in [3.05, 3.63) is 60.3 Å². The van der Waals surface area contributed by atoms with E-state index in [9.17, 15) is 13.6 Å². The number of benzene rings is 2. The molecule has 0 fully saturated rings. The van der Waals surface area contributed by atoms with E-state index in [0.29, 0.717) is 11.4 Å². The van der Waals surface area contributed by atoms with Crippen molar-refractivity contribution in [1.82, 2.24) is 10.2 Å². The monoisotopic (exact) mass is 359 g/mol. The van der Waals surface area contributed by atoms with Crippen molar-refractivity contribution >= 4 is 11.6 Å². The predicted octanol–water partition coefficient (Wildman–Crippen LogP) is 3.94. The summed E-state index contributed by atoms with van der Waals surface area (Å²) in [6.07, 6.45) is 0. The molecule has 0 aliphatic carbocycles.